The highest BCUT2D eigenvalue weighted by Crippen LogP contribution is 2.23. The van der Waals surface area contributed by atoms with Crippen LogP contribution in [0.4, 0.5) is 10.5 Å². The van der Waals surface area contributed by atoms with Gasteiger partial charge in [0, 0.05) is 26.2 Å². The molecule has 0 fully saturated rings. The van der Waals surface area contributed by atoms with Gasteiger partial charge in [-0.05, 0) is 19.1 Å². The van der Waals surface area contributed by atoms with Crippen LogP contribution in [-0.2, 0) is 13.5 Å². The van der Waals surface area contributed by atoms with Crippen molar-refractivity contribution >= 4 is 11.7 Å². The molecule has 2 amide bonds. The maximum atomic E-state index is 11.9. The van der Waals surface area contributed by atoms with Crippen molar-refractivity contribution in [2.75, 3.05) is 18.5 Å². The molecule has 0 aliphatic rings. The molecule has 1 aromatic carbocycles. The third kappa shape index (κ3) is 4.52. The van der Waals surface area contributed by atoms with E-state index in [1.54, 1.807) is 6.33 Å². The number of carbonyl (C=O) groups is 1. The van der Waals surface area contributed by atoms with Gasteiger partial charge in [0.1, 0.15) is 5.75 Å². The lowest BCUT2D eigenvalue weighted by Gasteiger charge is -2.11. The molecule has 0 radical (unpaired) electrons. The van der Waals surface area contributed by atoms with E-state index in [0.29, 0.717) is 31.0 Å². The Bertz CT molecular complexity index is 595. The first kappa shape index (κ1) is 14.9. The molecular formula is C15H20N4O2. The smallest absolute Gasteiger partial charge is 0.319 e. The van der Waals surface area contributed by atoms with Crippen molar-refractivity contribution in [3.8, 4) is 5.75 Å². The third-order valence-electron chi connectivity index (χ3n) is 2.86. The van der Waals surface area contributed by atoms with Crippen LogP contribution in [0.5, 0.6) is 5.75 Å². The Balaban J connectivity index is 1.81. The molecule has 0 saturated heterocycles. The van der Waals surface area contributed by atoms with Gasteiger partial charge in [-0.15, -0.1) is 0 Å². The van der Waals surface area contributed by atoms with Crippen LogP contribution >= 0.6 is 0 Å². The number of nitrogens with one attached hydrogen (secondary N) is 2. The molecule has 2 N–H and O–H groups in total. The van der Waals surface area contributed by atoms with Crippen molar-refractivity contribution in [1.29, 1.82) is 0 Å². The number of para-hydroxylation sites is 2. The average molecular weight is 288 g/mol. The average Bonchev–Trinajstić information content (AvgIpc) is 2.87. The number of aromatic nitrogens is 2. The molecule has 2 aromatic rings. The summed E-state index contributed by atoms with van der Waals surface area (Å²) in [7, 11) is 1.92. The number of ether oxygens (including phenoxy) is 1. The third-order valence-corrected chi connectivity index (χ3v) is 2.86. The summed E-state index contributed by atoms with van der Waals surface area (Å²) in [4.78, 5) is 16.1. The first-order valence-electron chi connectivity index (χ1n) is 6.92. The molecule has 1 aromatic heterocycles. The number of rotatable bonds is 6. The van der Waals surface area contributed by atoms with Gasteiger partial charge in [0.2, 0.25) is 0 Å². The molecule has 0 atom stereocenters. The van der Waals surface area contributed by atoms with Gasteiger partial charge in [0.25, 0.3) is 0 Å². The van der Waals surface area contributed by atoms with Crippen molar-refractivity contribution in [3.05, 3.63) is 42.5 Å². The van der Waals surface area contributed by atoms with E-state index in [1.165, 1.54) is 0 Å². The second-order valence-corrected chi connectivity index (χ2v) is 4.59. The first-order chi connectivity index (χ1) is 10.2. The van der Waals surface area contributed by atoms with Crippen LogP contribution < -0.4 is 15.4 Å². The SMILES string of the molecule is CCOc1ccccc1NC(=O)NCCc1cn(C)cn1. The van der Waals surface area contributed by atoms with Crippen LogP contribution in [0.3, 0.4) is 0 Å². The largest absolute Gasteiger partial charge is 0.492 e. The second-order valence-electron chi connectivity index (χ2n) is 4.59. The minimum absolute atomic E-state index is 0.252. The molecule has 0 spiro atoms. The highest BCUT2D eigenvalue weighted by Gasteiger charge is 2.06. The lowest BCUT2D eigenvalue weighted by Crippen LogP contribution is -2.30. The van der Waals surface area contributed by atoms with E-state index in [4.69, 9.17) is 4.74 Å². The van der Waals surface area contributed by atoms with Gasteiger partial charge in [-0.1, -0.05) is 12.1 Å². The molecule has 1 heterocycles. The van der Waals surface area contributed by atoms with Crippen LogP contribution in [0.2, 0.25) is 0 Å². The van der Waals surface area contributed by atoms with E-state index in [9.17, 15) is 4.79 Å². The summed E-state index contributed by atoms with van der Waals surface area (Å²) in [6.07, 6.45) is 4.37. The fourth-order valence-electron chi connectivity index (χ4n) is 1.92. The van der Waals surface area contributed by atoms with Gasteiger partial charge < -0.3 is 19.9 Å². The fraction of sp³-hybridized carbons (Fsp3) is 0.333. The summed E-state index contributed by atoms with van der Waals surface area (Å²) < 4.78 is 7.34. The molecule has 0 unspecified atom stereocenters. The Kier molecular flexibility index (Phi) is 5.20. The van der Waals surface area contributed by atoms with Gasteiger partial charge in [-0.3, -0.25) is 0 Å². The van der Waals surface area contributed by atoms with Gasteiger partial charge in [-0.2, -0.15) is 0 Å². The maximum absolute atomic E-state index is 11.9. The number of imidazole rings is 1. The monoisotopic (exact) mass is 288 g/mol. The molecule has 6 heteroatoms. The van der Waals surface area contributed by atoms with Crippen LogP contribution in [-0.4, -0.2) is 28.7 Å². The minimum atomic E-state index is -0.252. The Morgan fingerprint density at radius 3 is 2.90 bits per heavy atom. The Morgan fingerprint density at radius 2 is 2.19 bits per heavy atom. The second kappa shape index (κ2) is 7.33. The summed E-state index contributed by atoms with van der Waals surface area (Å²) in [6, 6.07) is 7.11. The maximum Gasteiger partial charge on any atom is 0.319 e. The number of nitrogens with zero attached hydrogens (tertiary/aromatic N) is 2. The molecule has 2 rings (SSSR count). The van der Waals surface area contributed by atoms with E-state index < -0.39 is 0 Å². The molecule has 6 nitrogen and oxygen atoms in total. The van der Waals surface area contributed by atoms with E-state index in [0.717, 1.165) is 5.69 Å². The predicted octanol–water partition coefficient (Wildman–Crippen LogP) is 2.18. The van der Waals surface area contributed by atoms with Crippen molar-refractivity contribution in [2.45, 2.75) is 13.3 Å². The number of benzene rings is 1. The van der Waals surface area contributed by atoms with E-state index in [2.05, 4.69) is 15.6 Å². The lowest BCUT2D eigenvalue weighted by molar-refractivity contribution is 0.252. The first-order valence-corrected chi connectivity index (χ1v) is 6.92. The van der Waals surface area contributed by atoms with E-state index >= 15 is 0 Å². The van der Waals surface area contributed by atoms with Gasteiger partial charge in [0.15, 0.2) is 0 Å². The predicted molar refractivity (Wildman–Crippen MR) is 81.5 cm³/mol. The van der Waals surface area contributed by atoms with E-state index in [-0.39, 0.29) is 6.03 Å². The Morgan fingerprint density at radius 1 is 1.38 bits per heavy atom. The van der Waals surface area contributed by atoms with Gasteiger partial charge in [0.05, 0.1) is 24.3 Å². The summed E-state index contributed by atoms with van der Waals surface area (Å²) >= 11 is 0. The highest BCUT2D eigenvalue weighted by atomic mass is 16.5. The zero-order chi connectivity index (χ0) is 15.1. The van der Waals surface area contributed by atoms with Crippen LogP contribution in [0, 0.1) is 0 Å². The summed E-state index contributed by atoms with van der Waals surface area (Å²) in [5, 5.41) is 5.59. The van der Waals surface area contributed by atoms with Crippen LogP contribution in [0.15, 0.2) is 36.8 Å². The summed E-state index contributed by atoms with van der Waals surface area (Å²) in [5.41, 5.74) is 1.61. The quantitative estimate of drug-likeness (QED) is 0.856. The number of anilines is 1. The zero-order valence-electron chi connectivity index (χ0n) is 12.3. The Hall–Kier alpha value is -2.50. The molecule has 0 saturated carbocycles. The molecular weight excluding hydrogens is 268 g/mol. The number of carbonyl (C=O) groups excluding carboxylic acids is 1. The molecule has 112 valence electrons. The minimum Gasteiger partial charge on any atom is -0.492 e. The number of aryl methyl sites for hydroxylation is 1. The van der Waals surface area contributed by atoms with E-state index in [1.807, 2.05) is 49.0 Å². The van der Waals surface area contributed by atoms with Crippen molar-refractivity contribution in [3.63, 3.8) is 0 Å². The lowest BCUT2D eigenvalue weighted by atomic mass is 10.3. The molecule has 0 aliphatic carbocycles. The molecule has 0 bridgehead atoms. The topological polar surface area (TPSA) is 68.2 Å². The normalized spacial score (nSPS) is 10.2. The standard InChI is InChI=1S/C15H20N4O2/c1-3-21-14-7-5-4-6-13(14)18-15(20)16-9-8-12-10-19(2)11-17-12/h4-7,10-11H,3,8-9H2,1-2H3,(H2,16,18,20). The number of hydrogen-bond acceptors (Lipinski definition) is 3. The van der Waals surface area contributed by atoms with Crippen molar-refractivity contribution in [1.82, 2.24) is 14.9 Å². The fourth-order valence-corrected chi connectivity index (χ4v) is 1.92. The van der Waals surface area contributed by atoms with Crippen molar-refractivity contribution in [2.24, 2.45) is 7.05 Å². The highest BCUT2D eigenvalue weighted by molar-refractivity contribution is 5.90. The summed E-state index contributed by atoms with van der Waals surface area (Å²) in [6.45, 7) is 2.99. The molecule has 21 heavy (non-hydrogen) atoms. The van der Waals surface area contributed by atoms with Crippen LogP contribution in [0.25, 0.3) is 0 Å². The van der Waals surface area contributed by atoms with Crippen molar-refractivity contribution < 1.29 is 9.53 Å². The Labute approximate surface area is 124 Å². The number of amides is 2. The van der Waals surface area contributed by atoms with Crippen LogP contribution in [0.1, 0.15) is 12.6 Å². The number of hydrogen-bond donors (Lipinski definition) is 2. The molecule has 0 aliphatic heterocycles. The van der Waals surface area contributed by atoms with Gasteiger partial charge in [-0.25, -0.2) is 9.78 Å². The summed E-state index contributed by atoms with van der Waals surface area (Å²) in [5.74, 6) is 0.667. The zero-order valence-corrected chi connectivity index (χ0v) is 12.3. The van der Waals surface area contributed by atoms with Gasteiger partial charge >= 0.3 is 6.03 Å². The number of urea groups is 1.